The van der Waals surface area contributed by atoms with Gasteiger partial charge in [0.1, 0.15) is 5.82 Å². The fourth-order valence-corrected chi connectivity index (χ4v) is 4.22. The number of benzene rings is 2. The summed E-state index contributed by atoms with van der Waals surface area (Å²) in [5.74, 6) is 0.0547. The topological polar surface area (TPSA) is 57.9 Å². The predicted octanol–water partition coefficient (Wildman–Crippen LogP) is 3.26. The van der Waals surface area contributed by atoms with Crippen molar-refractivity contribution in [3.63, 3.8) is 0 Å². The third-order valence-electron chi connectivity index (χ3n) is 2.78. The molecule has 6 heteroatoms. The van der Waals surface area contributed by atoms with Crippen molar-refractivity contribution in [2.45, 2.75) is 9.79 Å². The second-order valence-corrected chi connectivity index (χ2v) is 7.53. The van der Waals surface area contributed by atoms with Crippen LogP contribution in [0.5, 0.6) is 0 Å². The lowest BCUT2D eigenvalue weighted by atomic mass is 10.2. The molecule has 3 nitrogen and oxygen atoms in total. The average Bonchev–Trinajstić information content (AvgIpc) is 2.49. The highest BCUT2D eigenvalue weighted by molar-refractivity contribution is 8.00. The number of thioether (sulfide) groups is 1. The maximum absolute atomic E-state index is 12.8. The van der Waals surface area contributed by atoms with E-state index in [1.54, 1.807) is 12.1 Å². The van der Waals surface area contributed by atoms with Gasteiger partial charge in [-0.05, 0) is 48.5 Å². The molecule has 0 bridgehead atoms. The molecule has 0 aromatic heterocycles. The van der Waals surface area contributed by atoms with Crippen LogP contribution in [0.1, 0.15) is 5.56 Å². The molecule has 0 amide bonds. The molecule has 108 valence electrons. The summed E-state index contributed by atoms with van der Waals surface area (Å²) in [5, 5.41) is 8.69. The maximum Gasteiger partial charge on any atom is 0.179 e. The largest absolute Gasteiger partial charge is 0.224 e. The number of nitriles is 1. The van der Waals surface area contributed by atoms with Gasteiger partial charge in [-0.15, -0.1) is 11.8 Å². The van der Waals surface area contributed by atoms with E-state index in [2.05, 4.69) is 0 Å². The highest BCUT2D eigenvalue weighted by Gasteiger charge is 2.14. The van der Waals surface area contributed by atoms with E-state index in [9.17, 15) is 12.8 Å². The number of halogens is 1. The number of nitrogens with zero attached hydrogens (tertiary/aromatic N) is 1. The molecular weight excluding hydrogens is 309 g/mol. The van der Waals surface area contributed by atoms with Crippen molar-refractivity contribution < 1.29 is 12.8 Å². The molecule has 2 aromatic carbocycles. The highest BCUT2D eigenvalue weighted by atomic mass is 32.2. The second kappa shape index (κ2) is 6.74. The summed E-state index contributed by atoms with van der Waals surface area (Å²) in [6.45, 7) is 0. The molecule has 0 N–H and O–H groups in total. The molecule has 21 heavy (non-hydrogen) atoms. The van der Waals surface area contributed by atoms with Crippen LogP contribution in [-0.4, -0.2) is 19.9 Å². The SMILES string of the molecule is N#Cc1ccc(S(=O)(=O)CCSc2ccc(F)cc2)cc1. The Morgan fingerprint density at radius 3 is 2.24 bits per heavy atom. The summed E-state index contributed by atoms with van der Waals surface area (Å²) < 4.78 is 37.0. The van der Waals surface area contributed by atoms with E-state index in [1.165, 1.54) is 48.2 Å². The minimum absolute atomic E-state index is 0.0130. The van der Waals surface area contributed by atoms with Gasteiger partial charge in [0, 0.05) is 10.6 Å². The van der Waals surface area contributed by atoms with Gasteiger partial charge in [-0.25, -0.2) is 12.8 Å². The van der Waals surface area contributed by atoms with Crippen LogP contribution in [0.2, 0.25) is 0 Å². The number of rotatable bonds is 5. The molecule has 0 unspecified atom stereocenters. The molecule has 0 saturated carbocycles. The van der Waals surface area contributed by atoms with E-state index in [-0.39, 0.29) is 16.5 Å². The lowest BCUT2D eigenvalue weighted by Crippen LogP contribution is -2.08. The monoisotopic (exact) mass is 321 g/mol. The number of hydrogen-bond acceptors (Lipinski definition) is 4. The first-order valence-electron chi connectivity index (χ1n) is 6.12. The first-order valence-corrected chi connectivity index (χ1v) is 8.76. The Morgan fingerprint density at radius 2 is 1.67 bits per heavy atom. The summed E-state index contributed by atoms with van der Waals surface area (Å²) in [6, 6.07) is 13.7. The van der Waals surface area contributed by atoms with Gasteiger partial charge in [0.2, 0.25) is 0 Å². The molecule has 0 aliphatic carbocycles. The van der Waals surface area contributed by atoms with Crippen molar-refractivity contribution in [2.75, 3.05) is 11.5 Å². The van der Waals surface area contributed by atoms with Crippen molar-refractivity contribution in [2.24, 2.45) is 0 Å². The maximum atomic E-state index is 12.8. The van der Waals surface area contributed by atoms with E-state index >= 15 is 0 Å². The van der Waals surface area contributed by atoms with Gasteiger partial charge >= 0.3 is 0 Å². The zero-order chi connectivity index (χ0) is 15.3. The molecule has 0 spiro atoms. The van der Waals surface area contributed by atoms with Gasteiger partial charge in [0.25, 0.3) is 0 Å². The number of sulfone groups is 1. The Morgan fingerprint density at radius 1 is 1.05 bits per heavy atom. The normalized spacial score (nSPS) is 11.0. The Bertz CT molecular complexity index is 748. The van der Waals surface area contributed by atoms with Crippen LogP contribution >= 0.6 is 11.8 Å². The summed E-state index contributed by atoms with van der Waals surface area (Å²) in [7, 11) is -3.37. The summed E-state index contributed by atoms with van der Waals surface area (Å²) in [4.78, 5) is 1.03. The molecule has 0 atom stereocenters. The fourth-order valence-electron chi connectivity index (χ4n) is 1.65. The summed E-state index contributed by atoms with van der Waals surface area (Å²) >= 11 is 1.36. The quantitative estimate of drug-likeness (QED) is 0.793. The Labute approximate surface area is 127 Å². The van der Waals surface area contributed by atoms with Gasteiger partial charge in [-0.3, -0.25) is 0 Å². The van der Waals surface area contributed by atoms with E-state index in [1.807, 2.05) is 6.07 Å². The molecule has 0 heterocycles. The second-order valence-electron chi connectivity index (χ2n) is 4.26. The lowest BCUT2D eigenvalue weighted by molar-refractivity contribution is 0.597. The fraction of sp³-hybridized carbons (Fsp3) is 0.133. The van der Waals surface area contributed by atoms with Crippen LogP contribution in [0.25, 0.3) is 0 Å². The van der Waals surface area contributed by atoms with Crippen LogP contribution in [0, 0.1) is 17.1 Å². The molecule has 0 fully saturated rings. The average molecular weight is 321 g/mol. The van der Waals surface area contributed by atoms with Gasteiger partial charge < -0.3 is 0 Å². The molecule has 0 aliphatic heterocycles. The van der Waals surface area contributed by atoms with Crippen molar-refractivity contribution in [3.05, 3.63) is 59.9 Å². The van der Waals surface area contributed by atoms with Crippen LogP contribution in [0.15, 0.2) is 58.3 Å². The number of hydrogen-bond donors (Lipinski definition) is 0. The first kappa shape index (κ1) is 15.5. The third-order valence-corrected chi connectivity index (χ3v) is 5.78. The zero-order valence-corrected chi connectivity index (χ0v) is 12.6. The highest BCUT2D eigenvalue weighted by Crippen LogP contribution is 2.20. The van der Waals surface area contributed by atoms with Crippen molar-refractivity contribution in [1.82, 2.24) is 0 Å². The molecule has 0 saturated heterocycles. The van der Waals surface area contributed by atoms with Crippen LogP contribution < -0.4 is 0 Å². The van der Waals surface area contributed by atoms with E-state index in [4.69, 9.17) is 5.26 Å². The van der Waals surface area contributed by atoms with E-state index in [0.29, 0.717) is 11.3 Å². The van der Waals surface area contributed by atoms with E-state index < -0.39 is 9.84 Å². The Hall–Kier alpha value is -1.84. The summed E-state index contributed by atoms with van der Waals surface area (Å²) in [6.07, 6.45) is 0. The standard InChI is InChI=1S/C15H12FNO2S2/c16-13-3-5-14(6-4-13)20-9-10-21(18,19)15-7-1-12(11-17)2-8-15/h1-8H,9-10H2. The Balaban J connectivity index is 1.97. The van der Waals surface area contributed by atoms with Crippen molar-refractivity contribution in [1.29, 1.82) is 5.26 Å². The lowest BCUT2D eigenvalue weighted by Gasteiger charge is -2.05. The van der Waals surface area contributed by atoms with Gasteiger partial charge in [-0.1, -0.05) is 0 Å². The van der Waals surface area contributed by atoms with Crippen molar-refractivity contribution in [3.8, 4) is 6.07 Å². The molecule has 2 rings (SSSR count). The minimum atomic E-state index is -3.37. The van der Waals surface area contributed by atoms with Gasteiger partial charge in [0.05, 0.1) is 22.3 Å². The third kappa shape index (κ3) is 4.31. The first-order chi connectivity index (χ1) is 10.0. The Kier molecular flexibility index (Phi) is 4.99. The van der Waals surface area contributed by atoms with Gasteiger partial charge in [-0.2, -0.15) is 5.26 Å². The molecule has 0 radical (unpaired) electrons. The molecule has 0 aliphatic rings. The van der Waals surface area contributed by atoms with Gasteiger partial charge in [0.15, 0.2) is 9.84 Å². The summed E-state index contributed by atoms with van der Waals surface area (Å²) in [5.41, 5.74) is 0.426. The smallest absolute Gasteiger partial charge is 0.179 e. The molecule has 2 aromatic rings. The van der Waals surface area contributed by atoms with E-state index in [0.717, 1.165) is 4.90 Å². The van der Waals surface area contributed by atoms with Crippen molar-refractivity contribution >= 4 is 21.6 Å². The predicted molar refractivity (Wildman–Crippen MR) is 80.3 cm³/mol. The molecular formula is C15H12FNO2S2. The van der Waals surface area contributed by atoms with Crippen LogP contribution in [0.3, 0.4) is 0 Å². The minimum Gasteiger partial charge on any atom is -0.224 e. The van der Waals surface area contributed by atoms with Crippen LogP contribution in [-0.2, 0) is 9.84 Å². The zero-order valence-electron chi connectivity index (χ0n) is 11.0. The van der Waals surface area contributed by atoms with Crippen LogP contribution in [0.4, 0.5) is 4.39 Å².